The summed E-state index contributed by atoms with van der Waals surface area (Å²) in [6.07, 6.45) is 4.04. The molecule has 2 atom stereocenters. The molecule has 4 rings (SSSR count). The smallest absolute Gasteiger partial charge is 0.237 e. The van der Waals surface area contributed by atoms with Crippen molar-refractivity contribution in [2.75, 3.05) is 19.7 Å². The summed E-state index contributed by atoms with van der Waals surface area (Å²) in [4.78, 5) is 15.1. The third-order valence-corrected chi connectivity index (χ3v) is 5.59. The van der Waals surface area contributed by atoms with E-state index in [1.807, 2.05) is 37.3 Å². The Morgan fingerprint density at radius 2 is 1.93 bits per heavy atom. The van der Waals surface area contributed by atoms with Crippen LogP contribution in [-0.4, -0.2) is 36.5 Å². The summed E-state index contributed by atoms with van der Waals surface area (Å²) in [6, 6.07) is 18.4. The van der Waals surface area contributed by atoms with Gasteiger partial charge in [-0.05, 0) is 30.5 Å². The maximum atomic E-state index is 12.9. The van der Waals surface area contributed by atoms with Gasteiger partial charge in [-0.25, -0.2) is 0 Å². The lowest BCUT2D eigenvalue weighted by molar-refractivity contribution is -0.126. The normalized spacial score (nSPS) is 20.8. The van der Waals surface area contributed by atoms with E-state index in [1.54, 1.807) is 0 Å². The summed E-state index contributed by atoms with van der Waals surface area (Å²) in [5.74, 6) is 0.975. The number of ether oxygens (including phenoxy) is 1. The van der Waals surface area contributed by atoms with Gasteiger partial charge in [-0.15, -0.1) is 0 Å². The summed E-state index contributed by atoms with van der Waals surface area (Å²) in [5, 5.41) is 3.23. The van der Waals surface area contributed by atoms with E-state index in [2.05, 4.69) is 40.6 Å². The first-order valence-electron chi connectivity index (χ1n) is 9.73. The molecule has 2 aromatic rings. The highest BCUT2D eigenvalue weighted by Crippen LogP contribution is 2.31. The zero-order chi connectivity index (χ0) is 18.6. The molecule has 0 saturated heterocycles. The molecule has 4 heteroatoms. The second-order valence-electron chi connectivity index (χ2n) is 7.25. The third-order valence-electron chi connectivity index (χ3n) is 5.59. The van der Waals surface area contributed by atoms with Gasteiger partial charge in [-0.3, -0.25) is 9.69 Å². The molecule has 2 heterocycles. The Labute approximate surface area is 160 Å². The minimum Gasteiger partial charge on any atom is -0.493 e. The van der Waals surface area contributed by atoms with E-state index in [4.69, 9.17) is 4.74 Å². The summed E-state index contributed by atoms with van der Waals surface area (Å²) in [5.41, 5.74) is 3.74. The van der Waals surface area contributed by atoms with E-state index in [-0.39, 0.29) is 18.0 Å². The number of nitrogens with one attached hydrogen (secondary N) is 1. The summed E-state index contributed by atoms with van der Waals surface area (Å²) in [6.45, 7) is 4.36. The molecule has 2 aliphatic rings. The van der Waals surface area contributed by atoms with E-state index >= 15 is 0 Å². The van der Waals surface area contributed by atoms with Crippen molar-refractivity contribution >= 4 is 11.5 Å². The van der Waals surface area contributed by atoms with Crippen molar-refractivity contribution in [2.24, 2.45) is 0 Å². The molecule has 0 aromatic heterocycles. The topological polar surface area (TPSA) is 41.6 Å². The number of carbonyl (C=O) groups is 1. The van der Waals surface area contributed by atoms with Gasteiger partial charge in [-0.1, -0.05) is 54.6 Å². The minimum absolute atomic E-state index is 0.0325. The molecule has 1 amide bonds. The zero-order valence-electron chi connectivity index (χ0n) is 15.7. The van der Waals surface area contributed by atoms with Crippen LogP contribution in [0, 0.1) is 0 Å². The quantitative estimate of drug-likeness (QED) is 0.899. The van der Waals surface area contributed by atoms with E-state index in [1.165, 1.54) is 11.1 Å². The molecule has 0 bridgehead atoms. The van der Waals surface area contributed by atoms with Gasteiger partial charge in [0, 0.05) is 25.1 Å². The summed E-state index contributed by atoms with van der Waals surface area (Å²) < 4.78 is 5.70. The number of nitrogens with zero attached hydrogens (tertiary/aromatic N) is 1. The highest BCUT2D eigenvalue weighted by molar-refractivity contribution is 5.82. The molecule has 140 valence electrons. The Morgan fingerprint density at radius 1 is 1.15 bits per heavy atom. The third kappa shape index (κ3) is 3.91. The number of amides is 1. The maximum absolute atomic E-state index is 12.9. The molecule has 1 N–H and O–H groups in total. The first kappa shape index (κ1) is 17.8. The Balaban J connectivity index is 1.39. The Bertz CT molecular complexity index is 831. The van der Waals surface area contributed by atoms with Crippen LogP contribution in [0.2, 0.25) is 0 Å². The number of hydrogen-bond donors (Lipinski definition) is 1. The lowest BCUT2D eigenvalue weighted by Gasteiger charge is -2.33. The van der Waals surface area contributed by atoms with Crippen molar-refractivity contribution in [3.8, 4) is 5.75 Å². The number of hydrogen-bond acceptors (Lipinski definition) is 3. The van der Waals surface area contributed by atoms with Crippen LogP contribution >= 0.6 is 0 Å². The van der Waals surface area contributed by atoms with Gasteiger partial charge >= 0.3 is 0 Å². The average Bonchev–Trinajstić information content (AvgIpc) is 2.74. The van der Waals surface area contributed by atoms with E-state index < -0.39 is 0 Å². The van der Waals surface area contributed by atoms with E-state index in [0.717, 1.165) is 37.2 Å². The number of rotatable bonds is 4. The molecule has 0 saturated carbocycles. The summed E-state index contributed by atoms with van der Waals surface area (Å²) in [7, 11) is 0. The monoisotopic (exact) mass is 362 g/mol. The number of para-hydroxylation sites is 1. The molecule has 27 heavy (non-hydrogen) atoms. The Hall–Kier alpha value is -2.59. The number of carbonyl (C=O) groups excluding carboxylic acids is 1. The van der Waals surface area contributed by atoms with Gasteiger partial charge in [0.25, 0.3) is 0 Å². The van der Waals surface area contributed by atoms with Crippen LogP contribution < -0.4 is 10.1 Å². The van der Waals surface area contributed by atoms with Crippen molar-refractivity contribution in [2.45, 2.75) is 31.8 Å². The van der Waals surface area contributed by atoms with E-state index in [0.29, 0.717) is 6.61 Å². The minimum atomic E-state index is -0.145. The second kappa shape index (κ2) is 7.97. The van der Waals surface area contributed by atoms with Gasteiger partial charge in [0.1, 0.15) is 5.75 Å². The largest absolute Gasteiger partial charge is 0.493 e. The van der Waals surface area contributed by atoms with Crippen LogP contribution in [-0.2, 0) is 4.79 Å². The lowest BCUT2D eigenvalue weighted by atomic mass is 9.98. The SMILES string of the molecule is CC(C(=O)NC1CCOc2ccccc21)N1CC=C(c2ccccc2)CC1. The molecular formula is C23H26N2O2. The molecular weight excluding hydrogens is 336 g/mol. The second-order valence-corrected chi connectivity index (χ2v) is 7.25. The molecule has 0 fully saturated rings. The fraction of sp³-hybridized carbons (Fsp3) is 0.348. The predicted octanol–water partition coefficient (Wildman–Crippen LogP) is 3.80. The zero-order valence-corrected chi connectivity index (χ0v) is 15.7. The maximum Gasteiger partial charge on any atom is 0.237 e. The summed E-state index contributed by atoms with van der Waals surface area (Å²) >= 11 is 0. The highest BCUT2D eigenvalue weighted by Gasteiger charge is 2.28. The van der Waals surface area contributed by atoms with Gasteiger partial charge in [-0.2, -0.15) is 0 Å². The molecule has 2 aromatic carbocycles. The molecule has 4 nitrogen and oxygen atoms in total. The van der Waals surface area contributed by atoms with Crippen molar-refractivity contribution < 1.29 is 9.53 Å². The average molecular weight is 362 g/mol. The highest BCUT2D eigenvalue weighted by atomic mass is 16.5. The first-order chi connectivity index (χ1) is 13.2. The Kier molecular flexibility index (Phi) is 5.26. The van der Waals surface area contributed by atoms with Gasteiger partial charge in [0.15, 0.2) is 0 Å². The fourth-order valence-corrected chi connectivity index (χ4v) is 3.90. The van der Waals surface area contributed by atoms with Crippen LogP contribution in [0.4, 0.5) is 0 Å². The molecule has 0 radical (unpaired) electrons. The number of benzene rings is 2. The first-order valence-corrected chi connectivity index (χ1v) is 9.73. The standard InChI is InChI=1S/C23H26N2O2/c1-17(25-14-11-19(12-15-25)18-7-3-2-4-8-18)23(26)24-21-13-16-27-22-10-6-5-9-20(21)22/h2-11,17,21H,12-16H2,1H3,(H,24,26). The van der Waals surface area contributed by atoms with Crippen LogP contribution in [0.25, 0.3) is 5.57 Å². The Morgan fingerprint density at radius 3 is 2.70 bits per heavy atom. The van der Waals surface area contributed by atoms with Crippen molar-refractivity contribution in [1.29, 1.82) is 0 Å². The molecule has 2 aliphatic heterocycles. The predicted molar refractivity (Wildman–Crippen MR) is 108 cm³/mol. The van der Waals surface area contributed by atoms with Crippen LogP contribution in [0.5, 0.6) is 5.75 Å². The lowest BCUT2D eigenvalue weighted by Crippen LogP contribution is -2.48. The van der Waals surface area contributed by atoms with Crippen molar-refractivity contribution in [3.05, 3.63) is 71.8 Å². The van der Waals surface area contributed by atoms with Gasteiger partial charge in [0.05, 0.1) is 18.7 Å². The van der Waals surface area contributed by atoms with Crippen LogP contribution in [0.3, 0.4) is 0 Å². The van der Waals surface area contributed by atoms with Crippen molar-refractivity contribution in [3.63, 3.8) is 0 Å². The van der Waals surface area contributed by atoms with Gasteiger partial charge < -0.3 is 10.1 Å². The fourth-order valence-electron chi connectivity index (χ4n) is 3.90. The molecule has 0 spiro atoms. The van der Waals surface area contributed by atoms with Crippen LogP contribution in [0.15, 0.2) is 60.7 Å². The molecule has 2 unspecified atom stereocenters. The van der Waals surface area contributed by atoms with Crippen LogP contribution in [0.1, 0.15) is 36.9 Å². The van der Waals surface area contributed by atoms with Crippen molar-refractivity contribution in [1.82, 2.24) is 10.2 Å². The van der Waals surface area contributed by atoms with E-state index in [9.17, 15) is 4.79 Å². The molecule has 0 aliphatic carbocycles. The van der Waals surface area contributed by atoms with Gasteiger partial charge in [0.2, 0.25) is 5.91 Å². The number of fused-ring (bicyclic) bond motifs is 1.